The lowest BCUT2D eigenvalue weighted by Crippen LogP contribution is -2.37. The molecule has 0 unspecified atom stereocenters. The van der Waals surface area contributed by atoms with Crippen molar-refractivity contribution in [2.75, 3.05) is 0 Å². The molecule has 12 heteroatoms. The van der Waals surface area contributed by atoms with E-state index in [1.807, 2.05) is 0 Å². The Morgan fingerprint density at radius 1 is 1.00 bits per heavy atom. The van der Waals surface area contributed by atoms with E-state index in [1.54, 1.807) is 0 Å². The van der Waals surface area contributed by atoms with E-state index >= 15 is 0 Å². The quantitative estimate of drug-likeness (QED) is 0.414. The molecule has 0 atom stereocenters. The third-order valence-electron chi connectivity index (χ3n) is 4.11. The Morgan fingerprint density at radius 3 is 2.35 bits per heavy atom. The highest BCUT2D eigenvalue weighted by atomic mass is 35.5. The fraction of sp³-hybridized carbons (Fsp3) is 0.158. The maximum Gasteiger partial charge on any atom is 0.417 e. The molecule has 2 aromatic heterocycles. The molecule has 5 nitrogen and oxygen atoms in total. The molecule has 0 aliphatic carbocycles. The van der Waals surface area contributed by atoms with Crippen LogP contribution in [-0.2, 0) is 18.9 Å². The Hall–Kier alpha value is -3.05. The molecule has 0 spiro atoms. The van der Waals surface area contributed by atoms with Gasteiger partial charge in [-0.05, 0) is 29.8 Å². The topological polar surface area (TPSA) is 59.0 Å². The van der Waals surface area contributed by atoms with Gasteiger partial charge in [0.15, 0.2) is 5.82 Å². The Labute approximate surface area is 176 Å². The lowest BCUT2D eigenvalue weighted by atomic mass is 10.1. The minimum Gasteiger partial charge on any atom is -0.295 e. The number of halogens is 7. The Morgan fingerprint density at radius 2 is 1.71 bits per heavy atom. The van der Waals surface area contributed by atoms with Crippen LogP contribution in [0.15, 0.2) is 54.9 Å². The van der Waals surface area contributed by atoms with Crippen molar-refractivity contribution in [3.8, 4) is 5.82 Å². The number of aromatic nitrogens is 2. The van der Waals surface area contributed by atoms with Crippen molar-refractivity contribution in [2.24, 2.45) is 0 Å². The van der Waals surface area contributed by atoms with E-state index in [1.165, 1.54) is 35.0 Å². The fourth-order valence-electron chi connectivity index (χ4n) is 2.66. The maximum atomic E-state index is 12.8. The van der Waals surface area contributed by atoms with Crippen LogP contribution >= 0.6 is 11.6 Å². The zero-order valence-electron chi connectivity index (χ0n) is 15.4. The zero-order valence-corrected chi connectivity index (χ0v) is 16.1. The monoisotopic (exact) mass is 462 g/mol. The third kappa shape index (κ3) is 5.36. The second kappa shape index (κ2) is 8.60. The first-order valence-corrected chi connectivity index (χ1v) is 8.94. The highest BCUT2D eigenvalue weighted by Crippen LogP contribution is 2.32. The second-order valence-electron chi connectivity index (χ2n) is 6.30. The summed E-state index contributed by atoms with van der Waals surface area (Å²) in [6.45, 7) is -0.102. The number of carbonyl (C=O) groups excluding carboxylic acids is 1. The average Bonchev–Trinajstić information content (AvgIpc) is 3.16. The molecule has 0 saturated carbocycles. The van der Waals surface area contributed by atoms with Crippen LogP contribution in [0.25, 0.3) is 5.82 Å². The number of hydrogen-bond donors (Lipinski definition) is 2. The SMILES string of the molecule is O=C(NNCc1cccc(C(F)(F)F)c1)c1cccn1-c1ncc(C(F)(F)F)cc1Cl. The molecule has 164 valence electrons. The number of hydrazine groups is 1. The van der Waals surface area contributed by atoms with Crippen molar-refractivity contribution in [1.29, 1.82) is 0 Å². The summed E-state index contributed by atoms with van der Waals surface area (Å²) in [4.78, 5) is 16.1. The number of hydrogen-bond acceptors (Lipinski definition) is 3. The molecule has 31 heavy (non-hydrogen) atoms. The molecular formula is C19H13ClF6N4O. The summed E-state index contributed by atoms with van der Waals surface area (Å²) < 4.78 is 77.8. The van der Waals surface area contributed by atoms with Gasteiger partial charge in [0.1, 0.15) is 5.69 Å². The summed E-state index contributed by atoms with van der Waals surface area (Å²) in [6.07, 6.45) is -7.15. The van der Waals surface area contributed by atoms with Crippen LogP contribution in [-0.4, -0.2) is 15.5 Å². The zero-order chi connectivity index (χ0) is 22.8. The number of alkyl halides is 6. The molecule has 0 fully saturated rings. The van der Waals surface area contributed by atoms with Crippen LogP contribution in [0, 0.1) is 0 Å². The van der Waals surface area contributed by atoms with Crippen molar-refractivity contribution < 1.29 is 31.1 Å². The summed E-state index contributed by atoms with van der Waals surface area (Å²) in [5.74, 6) is -0.794. The summed E-state index contributed by atoms with van der Waals surface area (Å²) in [6, 6.07) is 8.07. The lowest BCUT2D eigenvalue weighted by Gasteiger charge is -2.13. The number of rotatable bonds is 5. The number of amides is 1. The maximum absolute atomic E-state index is 12.8. The molecule has 0 aliphatic rings. The van der Waals surface area contributed by atoms with Crippen LogP contribution in [0.1, 0.15) is 27.2 Å². The summed E-state index contributed by atoms with van der Waals surface area (Å²) in [5, 5.41) is -0.322. The summed E-state index contributed by atoms with van der Waals surface area (Å²) >= 11 is 5.92. The van der Waals surface area contributed by atoms with Gasteiger partial charge in [0.05, 0.1) is 16.1 Å². The van der Waals surface area contributed by atoms with Crippen LogP contribution in [0.4, 0.5) is 26.3 Å². The lowest BCUT2D eigenvalue weighted by molar-refractivity contribution is -0.138. The number of benzene rings is 1. The molecule has 1 aromatic carbocycles. The number of pyridine rings is 1. The van der Waals surface area contributed by atoms with Crippen molar-refractivity contribution in [3.05, 3.63) is 82.3 Å². The fourth-order valence-corrected chi connectivity index (χ4v) is 2.92. The molecule has 3 rings (SSSR count). The van der Waals surface area contributed by atoms with Gasteiger partial charge in [-0.15, -0.1) is 0 Å². The Bertz CT molecular complexity index is 1090. The van der Waals surface area contributed by atoms with Gasteiger partial charge in [-0.25, -0.2) is 10.4 Å². The normalized spacial score (nSPS) is 12.1. The molecule has 3 aromatic rings. The molecule has 2 N–H and O–H groups in total. The predicted molar refractivity (Wildman–Crippen MR) is 99.3 cm³/mol. The van der Waals surface area contributed by atoms with Gasteiger partial charge in [-0.1, -0.05) is 29.8 Å². The molecule has 2 heterocycles. The van der Waals surface area contributed by atoms with Crippen molar-refractivity contribution in [2.45, 2.75) is 18.9 Å². The minimum absolute atomic E-state index is 0.00861. The summed E-state index contributed by atoms with van der Waals surface area (Å²) in [7, 11) is 0. The van der Waals surface area contributed by atoms with Gasteiger partial charge < -0.3 is 0 Å². The van der Waals surface area contributed by atoms with Gasteiger partial charge in [0.2, 0.25) is 0 Å². The molecule has 0 radical (unpaired) electrons. The van der Waals surface area contributed by atoms with Crippen molar-refractivity contribution >= 4 is 17.5 Å². The van der Waals surface area contributed by atoms with Gasteiger partial charge in [0, 0.05) is 18.9 Å². The largest absolute Gasteiger partial charge is 0.417 e. The standard InChI is InChI=1S/C19H13ClF6N4O/c20-14-8-13(19(24,25)26)10-27-16(14)30-6-2-5-15(30)17(31)29-28-9-11-3-1-4-12(7-11)18(21,22)23/h1-8,10,28H,9H2,(H,29,31). The molecular weight excluding hydrogens is 450 g/mol. The number of carbonyl (C=O) groups is 1. The van der Waals surface area contributed by atoms with Crippen LogP contribution in [0.2, 0.25) is 5.02 Å². The van der Waals surface area contributed by atoms with E-state index in [-0.39, 0.29) is 28.6 Å². The number of nitrogens with zero attached hydrogens (tertiary/aromatic N) is 2. The molecule has 0 bridgehead atoms. The Kier molecular flexibility index (Phi) is 6.27. The van der Waals surface area contributed by atoms with Crippen LogP contribution in [0.5, 0.6) is 0 Å². The molecule has 0 aliphatic heterocycles. The van der Waals surface area contributed by atoms with E-state index in [4.69, 9.17) is 11.6 Å². The molecule has 0 saturated heterocycles. The number of nitrogens with one attached hydrogen (secondary N) is 2. The first-order chi connectivity index (χ1) is 14.5. The minimum atomic E-state index is -4.63. The smallest absolute Gasteiger partial charge is 0.295 e. The Balaban J connectivity index is 1.71. The second-order valence-corrected chi connectivity index (χ2v) is 6.70. The summed E-state index contributed by atoms with van der Waals surface area (Å²) in [5.41, 5.74) is 3.23. The van der Waals surface area contributed by atoms with Crippen molar-refractivity contribution in [3.63, 3.8) is 0 Å². The van der Waals surface area contributed by atoms with E-state index in [2.05, 4.69) is 15.8 Å². The highest BCUT2D eigenvalue weighted by Gasteiger charge is 2.32. The van der Waals surface area contributed by atoms with E-state index in [0.717, 1.165) is 12.1 Å². The predicted octanol–water partition coefficient (Wildman–Crippen LogP) is 5.00. The van der Waals surface area contributed by atoms with E-state index in [9.17, 15) is 31.1 Å². The molecule has 1 amide bonds. The van der Waals surface area contributed by atoms with Crippen LogP contribution in [0.3, 0.4) is 0 Å². The van der Waals surface area contributed by atoms with Gasteiger partial charge in [-0.3, -0.25) is 14.8 Å². The highest BCUT2D eigenvalue weighted by molar-refractivity contribution is 6.32. The van der Waals surface area contributed by atoms with E-state index in [0.29, 0.717) is 12.3 Å². The van der Waals surface area contributed by atoms with Gasteiger partial charge in [-0.2, -0.15) is 26.3 Å². The van der Waals surface area contributed by atoms with E-state index < -0.39 is 29.4 Å². The average molecular weight is 463 g/mol. The first kappa shape index (κ1) is 22.6. The van der Waals surface area contributed by atoms with Gasteiger partial charge in [0.25, 0.3) is 5.91 Å². The third-order valence-corrected chi connectivity index (χ3v) is 4.39. The van der Waals surface area contributed by atoms with Crippen molar-refractivity contribution in [1.82, 2.24) is 20.4 Å². The van der Waals surface area contributed by atoms with Crippen LogP contribution < -0.4 is 10.9 Å². The van der Waals surface area contributed by atoms with Gasteiger partial charge >= 0.3 is 12.4 Å². The first-order valence-electron chi connectivity index (χ1n) is 8.56.